The smallest absolute Gasteiger partial charge is 0.222 e. The van der Waals surface area contributed by atoms with Crippen LogP contribution < -0.4 is 0 Å². The molecule has 1 atom stereocenters. The van der Waals surface area contributed by atoms with Crippen molar-refractivity contribution in [3.63, 3.8) is 0 Å². The van der Waals surface area contributed by atoms with Crippen molar-refractivity contribution >= 4 is 17.5 Å². The van der Waals surface area contributed by atoms with E-state index in [9.17, 15) is 4.79 Å². The number of rotatable bonds is 4. The third-order valence-corrected chi connectivity index (χ3v) is 4.06. The molecule has 3 nitrogen and oxygen atoms in total. The Kier molecular flexibility index (Phi) is 4.83. The van der Waals surface area contributed by atoms with E-state index >= 15 is 0 Å². The van der Waals surface area contributed by atoms with Crippen LogP contribution in [0.25, 0.3) is 0 Å². The van der Waals surface area contributed by atoms with Crippen LogP contribution in [0.5, 0.6) is 0 Å². The lowest BCUT2D eigenvalue weighted by molar-refractivity contribution is -0.133. The van der Waals surface area contributed by atoms with Crippen LogP contribution in [0.4, 0.5) is 0 Å². The Morgan fingerprint density at radius 1 is 1.42 bits per heavy atom. The van der Waals surface area contributed by atoms with Gasteiger partial charge in [-0.05, 0) is 31.0 Å². The van der Waals surface area contributed by atoms with Gasteiger partial charge in [0.15, 0.2) is 0 Å². The minimum Gasteiger partial charge on any atom is -0.345 e. The van der Waals surface area contributed by atoms with E-state index in [1.165, 1.54) is 0 Å². The van der Waals surface area contributed by atoms with E-state index in [1.54, 1.807) is 0 Å². The summed E-state index contributed by atoms with van der Waals surface area (Å²) in [5.74, 6) is 0.834. The summed E-state index contributed by atoms with van der Waals surface area (Å²) in [7, 11) is 4.00. The van der Waals surface area contributed by atoms with Crippen molar-refractivity contribution in [2.24, 2.45) is 5.92 Å². The minimum atomic E-state index is 0.269. The Hall–Kier alpha value is -1.06. The summed E-state index contributed by atoms with van der Waals surface area (Å²) in [5, 5.41) is 0.824. The van der Waals surface area contributed by atoms with Crippen molar-refractivity contribution in [3.8, 4) is 0 Å². The number of amides is 1. The maximum absolute atomic E-state index is 11.5. The summed E-state index contributed by atoms with van der Waals surface area (Å²) in [5.41, 5.74) is 1.16. The van der Waals surface area contributed by atoms with E-state index in [0.29, 0.717) is 12.3 Å². The van der Waals surface area contributed by atoms with Crippen LogP contribution in [0, 0.1) is 5.92 Å². The van der Waals surface area contributed by atoms with Gasteiger partial charge in [-0.3, -0.25) is 4.79 Å². The Morgan fingerprint density at radius 2 is 2.16 bits per heavy atom. The summed E-state index contributed by atoms with van der Waals surface area (Å²) < 4.78 is 0. The third kappa shape index (κ3) is 3.95. The van der Waals surface area contributed by atoms with Gasteiger partial charge in [-0.1, -0.05) is 29.8 Å². The average molecular weight is 281 g/mol. The van der Waals surface area contributed by atoms with Gasteiger partial charge in [0.1, 0.15) is 0 Å². The van der Waals surface area contributed by atoms with Crippen molar-refractivity contribution in [1.82, 2.24) is 9.80 Å². The van der Waals surface area contributed by atoms with Crippen molar-refractivity contribution in [1.29, 1.82) is 0 Å². The van der Waals surface area contributed by atoms with E-state index in [0.717, 1.165) is 36.6 Å². The normalized spacial score (nSPS) is 20.1. The molecule has 1 amide bonds. The molecule has 1 unspecified atom stereocenters. The second-order valence-electron chi connectivity index (χ2n) is 5.47. The number of carbonyl (C=O) groups is 1. The second-order valence-corrected chi connectivity index (χ2v) is 5.87. The lowest BCUT2D eigenvalue weighted by Gasteiger charge is -2.32. The average Bonchev–Trinajstić information content (AvgIpc) is 2.37. The Balaban J connectivity index is 1.86. The van der Waals surface area contributed by atoms with E-state index < -0.39 is 0 Å². The lowest BCUT2D eigenvalue weighted by atomic mass is 9.97. The summed E-state index contributed by atoms with van der Waals surface area (Å²) in [6.07, 6.45) is 1.68. The van der Waals surface area contributed by atoms with E-state index in [-0.39, 0.29) is 5.91 Å². The molecule has 0 saturated carbocycles. The zero-order valence-electron chi connectivity index (χ0n) is 11.6. The lowest BCUT2D eigenvalue weighted by Crippen LogP contribution is -2.41. The van der Waals surface area contributed by atoms with E-state index in [1.807, 2.05) is 30.1 Å². The van der Waals surface area contributed by atoms with Gasteiger partial charge in [0.2, 0.25) is 5.91 Å². The molecule has 19 heavy (non-hydrogen) atoms. The molecule has 104 valence electrons. The summed E-state index contributed by atoms with van der Waals surface area (Å²) >= 11 is 6.17. The molecule has 2 rings (SSSR count). The topological polar surface area (TPSA) is 23.6 Å². The number of piperidine rings is 1. The molecule has 0 N–H and O–H groups in total. The molecular formula is C15H21ClN2O. The number of hydrogen-bond acceptors (Lipinski definition) is 2. The molecule has 1 aromatic carbocycles. The zero-order valence-corrected chi connectivity index (χ0v) is 12.4. The molecule has 0 radical (unpaired) electrons. The zero-order chi connectivity index (χ0) is 13.8. The van der Waals surface area contributed by atoms with Crippen LogP contribution in [0.15, 0.2) is 24.3 Å². The van der Waals surface area contributed by atoms with Crippen molar-refractivity contribution in [2.45, 2.75) is 19.4 Å². The number of halogens is 1. The van der Waals surface area contributed by atoms with Gasteiger partial charge in [0.05, 0.1) is 0 Å². The van der Waals surface area contributed by atoms with Crippen LogP contribution in [0.2, 0.25) is 5.02 Å². The summed E-state index contributed by atoms with van der Waals surface area (Å²) in [6.45, 7) is 2.72. The number of carbonyl (C=O) groups excluding carboxylic acids is 1. The molecule has 1 aliphatic heterocycles. The van der Waals surface area contributed by atoms with Gasteiger partial charge < -0.3 is 9.80 Å². The van der Waals surface area contributed by atoms with Gasteiger partial charge in [-0.2, -0.15) is 0 Å². The summed E-state index contributed by atoms with van der Waals surface area (Å²) in [6, 6.07) is 7.96. The number of nitrogens with zero attached hydrogens (tertiary/aromatic N) is 2. The maximum atomic E-state index is 11.5. The van der Waals surface area contributed by atoms with Crippen molar-refractivity contribution < 1.29 is 4.79 Å². The monoisotopic (exact) mass is 280 g/mol. The molecule has 0 aromatic heterocycles. The van der Waals surface area contributed by atoms with E-state index in [4.69, 9.17) is 11.6 Å². The fraction of sp³-hybridized carbons (Fsp3) is 0.533. The highest BCUT2D eigenvalue weighted by Gasteiger charge is 2.23. The molecule has 0 bridgehead atoms. The highest BCUT2D eigenvalue weighted by molar-refractivity contribution is 6.31. The SMILES string of the molecule is CN(Cc1ccccc1Cl)CC1CCC(=O)N(C)C1. The molecule has 0 aliphatic carbocycles. The second kappa shape index (κ2) is 6.40. The van der Waals surface area contributed by atoms with Gasteiger partial charge >= 0.3 is 0 Å². The van der Waals surface area contributed by atoms with Gasteiger partial charge in [-0.15, -0.1) is 0 Å². The molecule has 1 saturated heterocycles. The predicted octanol–water partition coefficient (Wildman–Crippen LogP) is 2.64. The van der Waals surface area contributed by atoms with Crippen LogP contribution in [0.1, 0.15) is 18.4 Å². The molecule has 1 heterocycles. The van der Waals surface area contributed by atoms with E-state index in [2.05, 4.69) is 18.0 Å². The van der Waals surface area contributed by atoms with Gasteiger partial charge in [0, 0.05) is 38.1 Å². The Bertz CT molecular complexity index is 450. The van der Waals surface area contributed by atoms with Gasteiger partial charge in [0.25, 0.3) is 0 Å². The van der Waals surface area contributed by atoms with Crippen molar-refractivity contribution in [3.05, 3.63) is 34.9 Å². The number of hydrogen-bond donors (Lipinski definition) is 0. The highest BCUT2D eigenvalue weighted by atomic mass is 35.5. The fourth-order valence-corrected chi connectivity index (χ4v) is 2.87. The molecule has 1 aromatic rings. The molecule has 4 heteroatoms. The first-order valence-corrected chi connectivity index (χ1v) is 7.10. The predicted molar refractivity (Wildman–Crippen MR) is 78.1 cm³/mol. The number of benzene rings is 1. The summed E-state index contributed by atoms with van der Waals surface area (Å²) in [4.78, 5) is 15.6. The van der Waals surface area contributed by atoms with Gasteiger partial charge in [-0.25, -0.2) is 0 Å². The quantitative estimate of drug-likeness (QED) is 0.846. The Labute approximate surface area is 120 Å². The van der Waals surface area contributed by atoms with Crippen LogP contribution >= 0.6 is 11.6 Å². The molecule has 0 spiro atoms. The first kappa shape index (κ1) is 14.4. The highest BCUT2D eigenvalue weighted by Crippen LogP contribution is 2.20. The molecular weight excluding hydrogens is 260 g/mol. The first-order chi connectivity index (χ1) is 9.06. The maximum Gasteiger partial charge on any atom is 0.222 e. The molecule has 1 fully saturated rings. The number of likely N-dealkylation sites (tertiary alicyclic amines) is 1. The third-order valence-electron chi connectivity index (χ3n) is 3.69. The first-order valence-electron chi connectivity index (χ1n) is 6.72. The Morgan fingerprint density at radius 3 is 2.84 bits per heavy atom. The fourth-order valence-electron chi connectivity index (χ4n) is 2.67. The van der Waals surface area contributed by atoms with Crippen LogP contribution in [-0.4, -0.2) is 42.9 Å². The largest absolute Gasteiger partial charge is 0.345 e. The minimum absolute atomic E-state index is 0.269. The van der Waals surface area contributed by atoms with Crippen LogP contribution in [0.3, 0.4) is 0 Å². The van der Waals surface area contributed by atoms with Crippen LogP contribution in [-0.2, 0) is 11.3 Å². The molecule has 1 aliphatic rings. The van der Waals surface area contributed by atoms with Crippen molar-refractivity contribution in [2.75, 3.05) is 27.2 Å². The standard InChI is InChI=1S/C15H21ClN2O/c1-17(11-13-5-3-4-6-14(13)16)9-12-7-8-15(19)18(2)10-12/h3-6,12H,7-11H2,1-2H3.